The second kappa shape index (κ2) is 4.48. The fraction of sp³-hybridized carbons (Fsp3) is 0.636. The van der Waals surface area contributed by atoms with E-state index in [9.17, 15) is 21.6 Å². The molecule has 0 aromatic rings. The van der Waals surface area contributed by atoms with Crippen LogP contribution < -0.4 is 0 Å². The topological polar surface area (TPSA) is 34.1 Å². The van der Waals surface area contributed by atoms with Gasteiger partial charge in [0.2, 0.25) is 0 Å². The number of sulfone groups is 1. The van der Waals surface area contributed by atoms with Crippen LogP contribution in [0.25, 0.3) is 0 Å². The molecule has 6 heteroatoms. The van der Waals surface area contributed by atoms with E-state index < -0.39 is 33.3 Å². The van der Waals surface area contributed by atoms with E-state index in [4.69, 9.17) is 0 Å². The minimum Gasteiger partial charge on any atom is -0.229 e. The van der Waals surface area contributed by atoms with Gasteiger partial charge in [-0.1, -0.05) is 26.0 Å². The van der Waals surface area contributed by atoms with Crippen molar-refractivity contribution in [3.05, 3.63) is 23.3 Å². The van der Waals surface area contributed by atoms with Gasteiger partial charge >= 0.3 is 6.18 Å². The number of hydrogen-bond donors (Lipinski definition) is 0. The molecular weight excluding hydrogens is 253 g/mol. The van der Waals surface area contributed by atoms with Gasteiger partial charge in [-0.25, -0.2) is 8.42 Å². The molecule has 0 saturated heterocycles. The van der Waals surface area contributed by atoms with Gasteiger partial charge in [0, 0.05) is 11.8 Å². The molecule has 1 aliphatic rings. The van der Waals surface area contributed by atoms with Crippen LogP contribution in [0.3, 0.4) is 0 Å². The Morgan fingerprint density at radius 2 is 1.88 bits per heavy atom. The molecule has 98 valence electrons. The van der Waals surface area contributed by atoms with Crippen LogP contribution in [0, 0.1) is 5.92 Å². The van der Waals surface area contributed by atoms with Crippen molar-refractivity contribution in [3.8, 4) is 0 Å². The summed E-state index contributed by atoms with van der Waals surface area (Å²) in [6.45, 7) is 3.32. The molecule has 0 heterocycles. The van der Waals surface area contributed by atoms with Crippen LogP contribution in [0.15, 0.2) is 23.3 Å². The van der Waals surface area contributed by atoms with Crippen LogP contribution in [-0.4, -0.2) is 26.1 Å². The van der Waals surface area contributed by atoms with Gasteiger partial charge in [0.1, 0.15) is 0 Å². The number of alkyl halides is 3. The molecule has 0 fully saturated rings. The average molecular weight is 268 g/mol. The van der Waals surface area contributed by atoms with Gasteiger partial charge in [0.05, 0.1) is 5.25 Å². The van der Waals surface area contributed by atoms with Crippen LogP contribution >= 0.6 is 0 Å². The Hall–Kier alpha value is -0.780. The third kappa shape index (κ3) is 3.34. The molecule has 17 heavy (non-hydrogen) atoms. The Bertz CT molecular complexity index is 456. The van der Waals surface area contributed by atoms with E-state index in [1.807, 2.05) is 0 Å². The molecular formula is C11H15F3O2S. The summed E-state index contributed by atoms with van der Waals surface area (Å²) in [5.41, 5.74) is -0.539. The molecule has 0 N–H and O–H groups in total. The number of halogens is 3. The normalized spacial score (nSPS) is 22.4. The molecule has 0 spiro atoms. The maximum atomic E-state index is 12.8. The van der Waals surface area contributed by atoms with E-state index in [0.29, 0.717) is 0 Å². The van der Waals surface area contributed by atoms with E-state index in [2.05, 4.69) is 0 Å². The molecule has 0 bridgehead atoms. The summed E-state index contributed by atoms with van der Waals surface area (Å²) in [5, 5.41) is -1.07. The Morgan fingerprint density at radius 1 is 1.35 bits per heavy atom. The van der Waals surface area contributed by atoms with Crippen LogP contribution in [0.5, 0.6) is 0 Å². The van der Waals surface area contributed by atoms with E-state index in [1.165, 1.54) is 12.2 Å². The van der Waals surface area contributed by atoms with Crippen LogP contribution in [-0.2, 0) is 9.84 Å². The molecule has 0 amide bonds. The first-order valence-electron chi connectivity index (χ1n) is 5.20. The highest BCUT2D eigenvalue weighted by molar-refractivity contribution is 7.91. The van der Waals surface area contributed by atoms with Gasteiger partial charge in [-0.15, -0.1) is 0 Å². The molecule has 1 rings (SSSR count). The predicted octanol–water partition coefficient (Wildman–Crippen LogP) is 2.87. The standard InChI is InChI=1S/C11H15F3O2S/c1-7(2)9-5-4-8(17(3,15)16)6-10(9)11(12,13)14/h4-5,7-8H,6H2,1-3H3. The lowest BCUT2D eigenvalue weighted by atomic mass is 9.89. The molecule has 0 aromatic carbocycles. The Kier molecular flexibility index (Phi) is 3.76. The fourth-order valence-corrected chi connectivity index (χ4v) is 2.65. The number of rotatable bonds is 2. The highest BCUT2D eigenvalue weighted by atomic mass is 32.2. The minimum absolute atomic E-state index is 0.178. The zero-order chi connectivity index (χ0) is 13.4. The van der Waals surface area contributed by atoms with Gasteiger partial charge in [-0.2, -0.15) is 13.2 Å². The zero-order valence-corrected chi connectivity index (χ0v) is 10.7. The lowest BCUT2D eigenvalue weighted by Gasteiger charge is -2.25. The van der Waals surface area contributed by atoms with Crippen molar-refractivity contribution in [2.24, 2.45) is 5.92 Å². The first kappa shape index (κ1) is 14.3. The first-order valence-corrected chi connectivity index (χ1v) is 7.16. The molecule has 2 nitrogen and oxygen atoms in total. The largest absolute Gasteiger partial charge is 0.413 e. The molecule has 0 aromatic heterocycles. The lowest BCUT2D eigenvalue weighted by Crippen LogP contribution is -2.27. The Labute approximate surface area is 99.1 Å². The summed E-state index contributed by atoms with van der Waals surface area (Å²) in [4.78, 5) is 0. The average Bonchev–Trinajstić information content (AvgIpc) is 2.14. The first-order chi connectivity index (χ1) is 7.53. The van der Waals surface area contributed by atoms with Crippen molar-refractivity contribution in [1.82, 2.24) is 0 Å². The summed E-state index contributed by atoms with van der Waals surface area (Å²) in [5.74, 6) is -0.275. The smallest absolute Gasteiger partial charge is 0.229 e. The maximum Gasteiger partial charge on any atom is 0.413 e. The third-order valence-corrected chi connectivity index (χ3v) is 4.18. The number of allylic oxidation sites excluding steroid dienone is 3. The highest BCUT2D eigenvalue weighted by Gasteiger charge is 2.40. The molecule has 1 unspecified atom stereocenters. The summed E-state index contributed by atoms with van der Waals surface area (Å²) in [7, 11) is -3.49. The van der Waals surface area contributed by atoms with Gasteiger partial charge < -0.3 is 0 Å². The maximum absolute atomic E-state index is 12.8. The zero-order valence-electron chi connectivity index (χ0n) is 9.88. The minimum atomic E-state index is -4.46. The quantitative estimate of drug-likeness (QED) is 0.771. The molecule has 1 aliphatic carbocycles. The van der Waals surface area contributed by atoms with Gasteiger partial charge in [0.25, 0.3) is 0 Å². The molecule has 0 aliphatic heterocycles. The lowest BCUT2D eigenvalue weighted by molar-refractivity contribution is -0.0950. The van der Waals surface area contributed by atoms with Crippen molar-refractivity contribution in [2.45, 2.75) is 31.7 Å². The van der Waals surface area contributed by atoms with Gasteiger partial charge in [-0.05, 0) is 17.9 Å². The Balaban J connectivity index is 3.20. The highest BCUT2D eigenvalue weighted by Crippen LogP contribution is 2.38. The second-order valence-electron chi connectivity index (χ2n) is 4.52. The third-order valence-electron chi connectivity index (χ3n) is 2.76. The molecule has 1 atom stereocenters. The van der Waals surface area contributed by atoms with Crippen LogP contribution in [0.4, 0.5) is 13.2 Å². The summed E-state index contributed by atoms with van der Waals surface area (Å²) in [6.07, 6.45) is -1.35. The second-order valence-corrected chi connectivity index (χ2v) is 6.78. The predicted molar refractivity (Wildman–Crippen MR) is 60.3 cm³/mol. The fourth-order valence-electron chi connectivity index (χ4n) is 1.81. The number of hydrogen-bond acceptors (Lipinski definition) is 2. The van der Waals surface area contributed by atoms with Crippen LogP contribution in [0.1, 0.15) is 20.3 Å². The van der Waals surface area contributed by atoms with Crippen molar-refractivity contribution in [3.63, 3.8) is 0 Å². The summed E-state index contributed by atoms with van der Waals surface area (Å²) < 4.78 is 61.1. The summed E-state index contributed by atoms with van der Waals surface area (Å²) in [6, 6.07) is 0. The summed E-state index contributed by atoms with van der Waals surface area (Å²) >= 11 is 0. The van der Waals surface area contributed by atoms with Crippen molar-refractivity contribution < 1.29 is 21.6 Å². The van der Waals surface area contributed by atoms with Crippen LogP contribution in [0.2, 0.25) is 0 Å². The van der Waals surface area contributed by atoms with Gasteiger partial charge in [0.15, 0.2) is 9.84 Å². The van der Waals surface area contributed by atoms with E-state index in [-0.39, 0.29) is 11.5 Å². The monoisotopic (exact) mass is 268 g/mol. The molecule has 0 radical (unpaired) electrons. The Morgan fingerprint density at radius 3 is 2.24 bits per heavy atom. The van der Waals surface area contributed by atoms with Crippen molar-refractivity contribution in [1.29, 1.82) is 0 Å². The van der Waals surface area contributed by atoms with E-state index in [1.54, 1.807) is 13.8 Å². The van der Waals surface area contributed by atoms with E-state index >= 15 is 0 Å². The van der Waals surface area contributed by atoms with Gasteiger partial charge in [-0.3, -0.25) is 0 Å². The van der Waals surface area contributed by atoms with Crippen molar-refractivity contribution in [2.75, 3.05) is 6.26 Å². The molecule has 0 saturated carbocycles. The van der Waals surface area contributed by atoms with E-state index in [0.717, 1.165) is 6.26 Å². The SMILES string of the molecule is CC(C)C1=C(C(F)(F)F)CC(S(C)(=O)=O)C=C1. The van der Waals surface area contributed by atoms with Crippen molar-refractivity contribution >= 4 is 9.84 Å².